The first-order chi connectivity index (χ1) is 23.7. The minimum atomic E-state index is -1.00. The minimum absolute atomic E-state index is 0.105. The molecule has 0 spiro atoms. The number of aromatic amines is 1. The lowest BCUT2D eigenvalue weighted by Crippen LogP contribution is -2.56. The summed E-state index contributed by atoms with van der Waals surface area (Å²) in [4.78, 5) is 56.8. The van der Waals surface area contributed by atoms with Crippen LogP contribution in [0.2, 0.25) is 5.02 Å². The van der Waals surface area contributed by atoms with Crippen molar-refractivity contribution in [3.63, 3.8) is 0 Å². The molecule has 3 fully saturated rings. The number of amides is 2. The van der Waals surface area contributed by atoms with Gasteiger partial charge in [-0.25, -0.2) is 9.59 Å². The number of rotatable bonds is 6. The predicted molar refractivity (Wildman–Crippen MR) is 191 cm³/mol. The fourth-order valence-corrected chi connectivity index (χ4v) is 8.08. The van der Waals surface area contributed by atoms with Gasteiger partial charge in [0.2, 0.25) is 0 Å². The molecule has 3 aliphatic rings. The van der Waals surface area contributed by atoms with Gasteiger partial charge in [-0.05, 0) is 76.0 Å². The van der Waals surface area contributed by atoms with E-state index in [9.17, 15) is 14.4 Å². The molecule has 0 aliphatic carbocycles. The van der Waals surface area contributed by atoms with E-state index in [0.717, 1.165) is 72.1 Å². The van der Waals surface area contributed by atoms with Gasteiger partial charge in [-0.15, -0.1) is 0 Å². The molecule has 2 amide bonds. The first-order valence-electron chi connectivity index (χ1n) is 17.4. The molecule has 260 valence electrons. The lowest BCUT2D eigenvalue weighted by Gasteiger charge is -2.42. The Morgan fingerprint density at radius 2 is 1.67 bits per heavy atom. The molecule has 3 saturated heterocycles. The summed E-state index contributed by atoms with van der Waals surface area (Å²) in [6, 6.07) is 11.8. The standard InChI is InChI=1S/C36H45ClN8O4/c1-23-19-24(20-28(37)32(23)38)21-31(34(46)43-17-15-42(16-18-43)25-7-11-41(2)12-8-25)49-36(48)44-13-9-26(10-14-44)45-30-22-39-29-6-4-3-5-27(29)33(30)40-35(45)47/h3-6,19-20,22,25-26,31H,7-18,21,38H2,1-2H3,(H,40,47)/t31-/m1/s1. The Bertz CT molecular complexity index is 1880. The van der Waals surface area contributed by atoms with Crippen molar-refractivity contribution in [3.8, 4) is 0 Å². The van der Waals surface area contributed by atoms with Crippen molar-refractivity contribution < 1.29 is 14.3 Å². The number of benzene rings is 2. The second kappa shape index (κ2) is 14.0. The van der Waals surface area contributed by atoms with Crippen LogP contribution in [0.1, 0.15) is 42.9 Å². The van der Waals surface area contributed by atoms with Crippen LogP contribution in [0.25, 0.3) is 21.9 Å². The third kappa shape index (κ3) is 6.86. The molecular formula is C36H45ClN8O4. The molecule has 5 heterocycles. The van der Waals surface area contributed by atoms with E-state index in [1.807, 2.05) is 42.2 Å². The van der Waals surface area contributed by atoms with Gasteiger partial charge in [0.05, 0.1) is 33.5 Å². The van der Waals surface area contributed by atoms with Crippen LogP contribution in [-0.2, 0) is 16.0 Å². The molecule has 7 rings (SSSR count). The molecule has 0 unspecified atom stereocenters. The number of halogens is 1. The normalized spacial score (nSPS) is 19.5. The number of imidazole rings is 1. The fraction of sp³-hybridized carbons (Fsp3) is 0.500. The first kappa shape index (κ1) is 33.4. The van der Waals surface area contributed by atoms with Crippen LogP contribution in [0.5, 0.6) is 0 Å². The van der Waals surface area contributed by atoms with Gasteiger partial charge in [-0.3, -0.25) is 19.2 Å². The second-order valence-electron chi connectivity index (χ2n) is 13.8. The number of pyridine rings is 1. The van der Waals surface area contributed by atoms with Crippen molar-refractivity contribution in [1.82, 2.24) is 34.1 Å². The zero-order valence-corrected chi connectivity index (χ0v) is 29.0. The highest BCUT2D eigenvalue weighted by molar-refractivity contribution is 6.33. The number of nitrogens with zero attached hydrogens (tertiary/aromatic N) is 6. The number of nitrogen functional groups attached to an aromatic ring is 1. The molecule has 2 aromatic carbocycles. The number of nitrogens with two attached hydrogens (primary N) is 1. The van der Waals surface area contributed by atoms with E-state index in [4.69, 9.17) is 22.1 Å². The lowest BCUT2D eigenvalue weighted by molar-refractivity contribution is -0.143. The van der Waals surface area contributed by atoms with E-state index >= 15 is 0 Å². The highest BCUT2D eigenvalue weighted by Crippen LogP contribution is 2.29. The van der Waals surface area contributed by atoms with Gasteiger partial charge in [0.15, 0.2) is 6.10 Å². The van der Waals surface area contributed by atoms with E-state index in [1.165, 1.54) is 0 Å². The monoisotopic (exact) mass is 688 g/mol. The van der Waals surface area contributed by atoms with Crippen LogP contribution in [0.3, 0.4) is 0 Å². The maximum atomic E-state index is 14.0. The number of likely N-dealkylation sites (tertiary alicyclic amines) is 2. The fourth-order valence-electron chi connectivity index (χ4n) is 7.80. The number of fused-ring (bicyclic) bond motifs is 3. The molecule has 0 bridgehead atoms. The number of piperazine rings is 1. The number of hydrogen-bond acceptors (Lipinski definition) is 8. The van der Waals surface area contributed by atoms with Gasteiger partial charge in [-0.2, -0.15) is 0 Å². The van der Waals surface area contributed by atoms with Gasteiger partial charge in [-0.1, -0.05) is 35.9 Å². The number of H-pyrrole nitrogens is 1. The van der Waals surface area contributed by atoms with Crippen molar-refractivity contribution in [1.29, 1.82) is 0 Å². The van der Waals surface area contributed by atoms with Gasteiger partial charge in [0.25, 0.3) is 5.91 Å². The highest BCUT2D eigenvalue weighted by Gasteiger charge is 2.35. The van der Waals surface area contributed by atoms with Crippen LogP contribution in [0.15, 0.2) is 47.4 Å². The van der Waals surface area contributed by atoms with Gasteiger partial charge >= 0.3 is 11.8 Å². The van der Waals surface area contributed by atoms with Crippen molar-refractivity contribution in [2.75, 3.05) is 65.1 Å². The van der Waals surface area contributed by atoms with Crippen molar-refractivity contribution in [2.45, 2.75) is 57.2 Å². The van der Waals surface area contributed by atoms with Gasteiger partial charge in [0, 0.05) is 63.2 Å². The number of aryl methyl sites for hydroxylation is 1. The van der Waals surface area contributed by atoms with Crippen molar-refractivity contribution >= 4 is 51.2 Å². The predicted octanol–water partition coefficient (Wildman–Crippen LogP) is 4.05. The molecule has 3 N–H and O–H groups in total. The van der Waals surface area contributed by atoms with E-state index in [-0.39, 0.29) is 24.1 Å². The number of piperidine rings is 2. The molecule has 2 aromatic heterocycles. The summed E-state index contributed by atoms with van der Waals surface area (Å²) in [6.07, 6.45) is 3.82. The maximum absolute atomic E-state index is 14.0. The Hall–Kier alpha value is -4.13. The topological polar surface area (TPSA) is 133 Å². The number of carbonyl (C=O) groups excluding carboxylic acids is 2. The SMILES string of the molecule is Cc1cc(C[C@@H](OC(=O)N2CCC(n3c(=O)[nH]c4c5ccccc5ncc43)CC2)C(=O)N2CCN(C3CCN(C)CC3)CC2)cc(Cl)c1N. The average molecular weight is 689 g/mol. The van der Waals surface area contributed by atoms with Crippen LogP contribution in [0, 0.1) is 6.92 Å². The highest BCUT2D eigenvalue weighted by atomic mass is 35.5. The zero-order valence-electron chi connectivity index (χ0n) is 28.2. The van der Waals surface area contributed by atoms with Crippen LogP contribution < -0.4 is 11.4 Å². The summed E-state index contributed by atoms with van der Waals surface area (Å²) >= 11 is 6.41. The van der Waals surface area contributed by atoms with Crippen LogP contribution in [-0.4, -0.2) is 118 Å². The van der Waals surface area contributed by atoms with E-state index < -0.39 is 12.2 Å². The van der Waals surface area contributed by atoms with Crippen LogP contribution in [0.4, 0.5) is 10.5 Å². The summed E-state index contributed by atoms with van der Waals surface area (Å²) in [7, 11) is 2.16. The van der Waals surface area contributed by atoms with Gasteiger partial charge < -0.3 is 30.2 Å². The Morgan fingerprint density at radius 1 is 0.980 bits per heavy atom. The summed E-state index contributed by atoms with van der Waals surface area (Å²) in [6.45, 7) is 7.65. The number of ether oxygens (including phenoxy) is 1. The number of para-hydroxylation sites is 1. The minimum Gasteiger partial charge on any atom is -0.436 e. The maximum Gasteiger partial charge on any atom is 0.410 e. The summed E-state index contributed by atoms with van der Waals surface area (Å²) in [5.74, 6) is -0.193. The summed E-state index contributed by atoms with van der Waals surface area (Å²) in [5, 5.41) is 1.31. The number of carbonyl (C=O) groups is 2. The van der Waals surface area contributed by atoms with Crippen LogP contribution >= 0.6 is 11.6 Å². The number of hydrogen-bond donors (Lipinski definition) is 2. The third-order valence-corrected chi connectivity index (χ3v) is 11.0. The van der Waals surface area contributed by atoms with Crippen molar-refractivity contribution in [3.05, 3.63) is 69.2 Å². The van der Waals surface area contributed by atoms with E-state index in [1.54, 1.807) is 21.7 Å². The molecule has 13 heteroatoms. The zero-order chi connectivity index (χ0) is 34.2. The smallest absolute Gasteiger partial charge is 0.410 e. The Morgan fingerprint density at radius 3 is 2.39 bits per heavy atom. The Labute approximate surface area is 290 Å². The van der Waals surface area contributed by atoms with E-state index in [2.05, 4.69) is 26.8 Å². The second-order valence-corrected chi connectivity index (χ2v) is 14.2. The lowest BCUT2D eigenvalue weighted by atomic mass is 10.0. The molecule has 49 heavy (non-hydrogen) atoms. The Balaban J connectivity index is 1.03. The molecular weight excluding hydrogens is 644 g/mol. The Kier molecular flexibility index (Phi) is 9.54. The number of anilines is 1. The third-order valence-electron chi connectivity index (χ3n) is 10.7. The molecule has 3 aliphatic heterocycles. The molecule has 4 aromatic rings. The van der Waals surface area contributed by atoms with Gasteiger partial charge in [0.1, 0.15) is 0 Å². The van der Waals surface area contributed by atoms with Crippen molar-refractivity contribution in [2.24, 2.45) is 0 Å². The largest absolute Gasteiger partial charge is 0.436 e. The molecule has 0 radical (unpaired) electrons. The average Bonchev–Trinajstić information content (AvgIpc) is 3.46. The summed E-state index contributed by atoms with van der Waals surface area (Å²) < 4.78 is 7.83. The number of nitrogens with one attached hydrogen (secondary N) is 1. The molecule has 0 saturated carbocycles. The van der Waals surface area contributed by atoms with E-state index in [0.29, 0.717) is 55.8 Å². The molecule has 12 nitrogen and oxygen atoms in total. The molecule has 1 atom stereocenters. The first-order valence-corrected chi connectivity index (χ1v) is 17.7. The summed E-state index contributed by atoms with van der Waals surface area (Å²) in [5.41, 5.74) is 10.3. The number of aromatic nitrogens is 3. The quantitative estimate of drug-likeness (QED) is 0.290.